The predicted octanol–water partition coefficient (Wildman–Crippen LogP) is 1.59. The van der Waals surface area contributed by atoms with Gasteiger partial charge < -0.3 is 19.1 Å². The molecule has 1 aromatic rings. The van der Waals surface area contributed by atoms with Crippen LogP contribution in [0.3, 0.4) is 0 Å². The molecule has 3 amide bonds. The van der Waals surface area contributed by atoms with Crippen LogP contribution in [0.4, 0.5) is 0 Å². The Hall–Kier alpha value is -2.29. The number of rotatable bonds is 4. The lowest BCUT2D eigenvalue weighted by Gasteiger charge is -2.34. The van der Waals surface area contributed by atoms with Crippen molar-refractivity contribution in [1.82, 2.24) is 9.80 Å². The van der Waals surface area contributed by atoms with Gasteiger partial charge in [-0.2, -0.15) is 0 Å². The van der Waals surface area contributed by atoms with Gasteiger partial charge in [0.1, 0.15) is 6.04 Å². The fraction of sp³-hybridized carbons (Fsp3) is 0.591. The molecule has 0 saturated carbocycles. The highest BCUT2D eigenvalue weighted by Gasteiger charge is 2.45. The first-order chi connectivity index (χ1) is 14.6. The number of carbonyl (C=O) groups excluding carboxylic acids is 3. The van der Waals surface area contributed by atoms with Gasteiger partial charge in [-0.1, -0.05) is 32.4 Å². The molecular weight excluding hydrogens is 388 g/mol. The van der Waals surface area contributed by atoms with E-state index in [9.17, 15) is 14.4 Å². The molecule has 0 aromatic heterocycles. The first-order valence-corrected chi connectivity index (χ1v) is 10.5. The molecule has 0 aliphatic carbocycles. The van der Waals surface area contributed by atoms with Crippen molar-refractivity contribution in [1.29, 1.82) is 0 Å². The van der Waals surface area contributed by atoms with Gasteiger partial charge in [0.25, 0.3) is 11.8 Å². The summed E-state index contributed by atoms with van der Waals surface area (Å²) in [6.07, 6.45) is 0.655. The third-order valence-electron chi connectivity index (χ3n) is 5.61. The highest BCUT2D eigenvalue weighted by molar-refractivity contribution is 6.22. The highest BCUT2D eigenvalue weighted by atomic mass is 16.5. The Morgan fingerprint density at radius 3 is 1.83 bits per heavy atom. The topological polar surface area (TPSA) is 85.4 Å². The molecule has 0 N–H and O–H groups in total. The molecular formula is C22H30N2O6. The van der Waals surface area contributed by atoms with Crippen LogP contribution in [0.25, 0.3) is 0 Å². The molecule has 1 fully saturated rings. The van der Waals surface area contributed by atoms with E-state index in [0.29, 0.717) is 70.3 Å². The minimum Gasteiger partial charge on any atom is -0.377 e. The number of nitrogens with zero attached hydrogens (tertiary/aromatic N) is 2. The minimum absolute atomic E-state index is 0.184. The molecule has 3 rings (SSSR count). The summed E-state index contributed by atoms with van der Waals surface area (Å²) < 4.78 is 16.5. The maximum Gasteiger partial charge on any atom is 0.262 e. The quantitative estimate of drug-likeness (QED) is 0.691. The summed E-state index contributed by atoms with van der Waals surface area (Å²) in [6.45, 7) is 7.10. The van der Waals surface area contributed by atoms with Gasteiger partial charge >= 0.3 is 0 Å². The summed E-state index contributed by atoms with van der Waals surface area (Å²) in [6, 6.07) is 5.85. The Kier molecular flexibility index (Phi) is 7.95. The number of amides is 3. The van der Waals surface area contributed by atoms with Crippen LogP contribution >= 0.6 is 0 Å². The van der Waals surface area contributed by atoms with Gasteiger partial charge in [0, 0.05) is 13.1 Å². The largest absolute Gasteiger partial charge is 0.377 e. The lowest BCUT2D eigenvalue weighted by molar-refractivity contribution is -0.139. The van der Waals surface area contributed by atoms with Crippen LogP contribution in [0.5, 0.6) is 0 Å². The van der Waals surface area contributed by atoms with E-state index in [-0.39, 0.29) is 11.8 Å². The molecule has 8 nitrogen and oxygen atoms in total. The molecule has 2 aliphatic heterocycles. The van der Waals surface area contributed by atoms with Crippen molar-refractivity contribution in [3.8, 4) is 0 Å². The molecule has 2 aliphatic rings. The van der Waals surface area contributed by atoms with Crippen molar-refractivity contribution in [2.24, 2.45) is 5.92 Å². The Morgan fingerprint density at radius 2 is 1.37 bits per heavy atom. The molecule has 0 bridgehead atoms. The number of carbonyl (C=O) groups is 3. The lowest BCUT2D eigenvalue weighted by atomic mass is 9.96. The summed E-state index contributed by atoms with van der Waals surface area (Å²) in [4.78, 5) is 42.4. The summed E-state index contributed by atoms with van der Waals surface area (Å²) in [5.41, 5.74) is 0.702. The van der Waals surface area contributed by atoms with Crippen LogP contribution in [0.2, 0.25) is 0 Å². The molecule has 1 aromatic carbocycles. The monoisotopic (exact) mass is 418 g/mol. The van der Waals surface area contributed by atoms with Gasteiger partial charge in [-0.25, -0.2) is 0 Å². The molecule has 2 heterocycles. The maximum absolute atomic E-state index is 13.6. The smallest absolute Gasteiger partial charge is 0.262 e. The zero-order valence-electron chi connectivity index (χ0n) is 17.7. The Balaban J connectivity index is 1.82. The number of benzene rings is 1. The Labute approximate surface area is 177 Å². The van der Waals surface area contributed by atoms with Gasteiger partial charge in [0.15, 0.2) is 0 Å². The molecule has 30 heavy (non-hydrogen) atoms. The number of hydrogen-bond donors (Lipinski definition) is 0. The van der Waals surface area contributed by atoms with Crippen LogP contribution < -0.4 is 0 Å². The first kappa shape index (κ1) is 22.4. The number of imide groups is 1. The second-order valence-corrected chi connectivity index (χ2v) is 7.52. The second-order valence-electron chi connectivity index (χ2n) is 7.52. The summed E-state index contributed by atoms with van der Waals surface area (Å²) in [5, 5.41) is 0. The van der Waals surface area contributed by atoms with E-state index in [0.717, 1.165) is 4.90 Å². The fourth-order valence-corrected chi connectivity index (χ4v) is 3.70. The second kappa shape index (κ2) is 10.7. The van der Waals surface area contributed by atoms with E-state index >= 15 is 0 Å². The van der Waals surface area contributed by atoms with E-state index < -0.39 is 17.9 Å². The van der Waals surface area contributed by atoms with Crippen molar-refractivity contribution >= 4 is 17.7 Å². The molecule has 2 unspecified atom stereocenters. The third-order valence-corrected chi connectivity index (χ3v) is 5.61. The van der Waals surface area contributed by atoms with Crippen molar-refractivity contribution in [2.75, 3.05) is 52.7 Å². The molecule has 0 radical (unpaired) electrons. The molecule has 8 heteroatoms. The summed E-state index contributed by atoms with van der Waals surface area (Å²) >= 11 is 0. The van der Waals surface area contributed by atoms with Crippen LogP contribution in [-0.2, 0) is 19.0 Å². The number of hydrogen-bond acceptors (Lipinski definition) is 6. The predicted molar refractivity (Wildman–Crippen MR) is 109 cm³/mol. The Morgan fingerprint density at radius 1 is 0.900 bits per heavy atom. The van der Waals surface area contributed by atoms with Gasteiger partial charge in [0.2, 0.25) is 5.91 Å². The maximum atomic E-state index is 13.6. The highest BCUT2D eigenvalue weighted by Crippen LogP contribution is 2.29. The van der Waals surface area contributed by atoms with E-state index in [4.69, 9.17) is 14.2 Å². The summed E-state index contributed by atoms with van der Waals surface area (Å²) in [5.74, 6) is -1.25. The molecule has 164 valence electrons. The standard InChI is InChI=1S/C22H30N2O6/c1-3-16(2)19(24-20(25)17-6-4-5-7-18(17)21(24)26)22(27)23-8-10-28-12-14-30-15-13-29-11-9-23/h4-7,16,19H,3,8-15H2,1-2H3. The third kappa shape index (κ3) is 4.88. The molecule has 1 saturated heterocycles. The van der Waals surface area contributed by atoms with Crippen LogP contribution in [0.15, 0.2) is 24.3 Å². The van der Waals surface area contributed by atoms with Crippen molar-refractivity contribution in [3.05, 3.63) is 35.4 Å². The number of fused-ring (bicyclic) bond motifs is 1. The van der Waals surface area contributed by atoms with E-state index in [1.165, 1.54) is 0 Å². The lowest BCUT2D eigenvalue weighted by Crippen LogP contribution is -2.55. The van der Waals surface area contributed by atoms with Crippen molar-refractivity contribution in [3.63, 3.8) is 0 Å². The van der Waals surface area contributed by atoms with Gasteiger partial charge in [-0.3, -0.25) is 19.3 Å². The van der Waals surface area contributed by atoms with E-state index in [1.54, 1.807) is 29.2 Å². The van der Waals surface area contributed by atoms with Crippen LogP contribution in [0.1, 0.15) is 41.0 Å². The van der Waals surface area contributed by atoms with Crippen LogP contribution in [-0.4, -0.2) is 86.3 Å². The first-order valence-electron chi connectivity index (χ1n) is 10.5. The zero-order valence-corrected chi connectivity index (χ0v) is 17.7. The van der Waals surface area contributed by atoms with Gasteiger partial charge in [0.05, 0.1) is 50.8 Å². The van der Waals surface area contributed by atoms with Gasteiger partial charge in [-0.05, 0) is 18.1 Å². The van der Waals surface area contributed by atoms with Crippen molar-refractivity contribution in [2.45, 2.75) is 26.3 Å². The van der Waals surface area contributed by atoms with Crippen LogP contribution in [0, 0.1) is 5.92 Å². The summed E-state index contributed by atoms with van der Waals surface area (Å²) in [7, 11) is 0. The van der Waals surface area contributed by atoms with Crippen molar-refractivity contribution < 1.29 is 28.6 Å². The zero-order chi connectivity index (χ0) is 21.5. The SMILES string of the molecule is CCC(C)C(C(=O)N1CCOCCOCCOCC1)N1C(=O)c2ccccc2C1=O. The average Bonchev–Trinajstić information content (AvgIpc) is 2.99. The average molecular weight is 418 g/mol. The fourth-order valence-electron chi connectivity index (χ4n) is 3.70. The minimum atomic E-state index is -0.862. The normalized spacial score (nSPS) is 20.9. The molecule has 0 spiro atoms. The van der Waals surface area contributed by atoms with E-state index in [1.807, 2.05) is 13.8 Å². The Bertz CT molecular complexity index is 721. The number of ether oxygens (including phenoxy) is 3. The van der Waals surface area contributed by atoms with E-state index in [2.05, 4.69) is 0 Å². The van der Waals surface area contributed by atoms with Gasteiger partial charge in [-0.15, -0.1) is 0 Å². The molecule has 2 atom stereocenters.